The van der Waals surface area contributed by atoms with Gasteiger partial charge in [0.25, 0.3) is 15.9 Å². The molecule has 0 aliphatic carbocycles. The Morgan fingerprint density at radius 1 is 1.50 bits per heavy atom. The van der Waals surface area contributed by atoms with Crippen molar-refractivity contribution < 1.29 is 13.2 Å². The maximum atomic E-state index is 12.2. The largest absolute Gasteiger partial charge is 0.364 e. The van der Waals surface area contributed by atoms with Gasteiger partial charge >= 0.3 is 0 Å². The number of pyridine rings is 1. The molecule has 2 aromatic rings. The van der Waals surface area contributed by atoms with Crippen molar-refractivity contribution in [3.8, 4) is 0 Å². The third-order valence-corrected chi connectivity index (χ3v) is 4.22. The van der Waals surface area contributed by atoms with Gasteiger partial charge in [0.15, 0.2) is 0 Å². The first-order chi connectivity index (χ1) is 9.31. The fourth-order valence-electron chi connectivity index (χ4n) is 1.58. The number of primary amides is 1. The Balaban J connectivity index is 2.39. The quantitative estimate of drug-likeness (QED) is 0.876. The molecular formula is C11H11ClN4O3S. The molecule has 0 aliphatic heterocycles. The first kappa shape index (κ1) is 14.4. The van der Waals surface area contributed by atoms with E-state index in [0.717, 1.165) is 0 Å². The highest BCUT2D eigenvalue weighted by Gasteiger charge is 2.20. The summed E-state index contributed by atoms with van der Waals surface area (Å²) in [4.78, 5) is 14.8. The van der Waals surface area contributed by atoms with Crippen LogP contribution in [-0.2, 0) is 17.1 Å². The van der Waals surface area contributed by atoms with Crippen LogP contribution in [-0.4, -0.2) is 23.9 Å². The Morgan fingerprint density at radius 2 is 2.20 bits per heavy atom. The lowest BCUT2D eigenvalue weighted by Crippen LogP contribution is -2.14. The fourth-order valence-corrected chi connectivity index (χ4v) is 2.92. The molecule has 0 radical (unpaired) electrons. The van der Waals surface area contributed by atoms with Crippen molar-refractivity contribution in [2.75, 3.05) is 4.72 Å². The lowest BCUT2D eigenvalue weighted by molar-refractivity contribution is 0.0992. The van der Waals surface area contributed by atoms with Crippen molar-refractivity contribution in [1.29, 1.82) is 0 Å². The summed E-state index contributed by atoms with van der Waals surface area (Å²) in [5.74, 6) is -0.714. The number of aromatic nitrogens is 2. The molecule has 0 aromatic carbocycles. The first-order valence-corrected chi connectivity index (χ1v) is 7.26. The van der Waals surface area contributed by atoms with Gasteiger partial charge in [0, 0.05) is 19.4 Å². The van der Waals surface area contributed by atoms with Gasteiger partial charge in [-0.15, -0.1) is 0 Å². The molecule has 0 saturated heterocycles. The van der Waals surface area contributed by atoms with Crippen LogP contribution in [0.3, 0.4) is 0 Å². The smallest absolute Gasteiger partial charge is 0.265 e. The van der Waals surface area contributed by atoms with E-state index in [-0.39, 0.29) is 21.3 Å². The van der Waals surface area contributed by atoms with E-state index in [1.54, 1.807) is 0 Å². The van der Waals surface area contributed by atoms with Crippen molar-refractivity contribution in [1.82, 2.24) is 9.55 Å². The number of rotatable bonds is 4. The highest BCUT2D eigenvalue weighted by molar-refractivity contribution is 7.92. The highest BCUT2D eigenvalue weighted by Crippen LogP contribution is 2.23. The van der Waals surface area contributed by atoms with E-state index in [0.29, 0.717) is 0 Å². The average molecular weight is 315 g/mol. The van der Waals surface area contributed by atoms with E-state index in [1.807, 2.05) is 0 Å². The molecule has 2 rings (SSSR count). The standard InChI is InChI=1S/C11H11ClN4O3S/c1-16-6-7(4-10(16)11(13)17)20(18,19)15-9-5-14-3-2-8(9)12/h2-6,15H,1H3,(H2,13,17). The van der Waals surface area contributed by atoms with Crippen LogP contribution in [0, 0.1) is 0 Å². The number of halogens is 1. The highest BCUT2D eigenvalue weighted by atomic mass is 35.5. The average Bonchev–Trinajstić information content (AvgIpc) is 2.75. The van der Waals surface area contributed by atoms with Crippen LogP contribution < -0.4 is 10.5 Å². The van der Waals surface area contributed by atoms with Crippen molar-refractivity contribution in [3.05, 3.63) is 41.4 Å². The minimum Gasteiger partial charge on any atom is -0.364 e. The summed E-state index contributed by atoms with van der Waals surface area (Å²) in [7, 11) is -2.35. The van der Waals surface area contributed by atoms with Crippen LogP contribution in [0.4, 0.5) is 5.69 Å². The predicted octanol–water partition coefficient (Wildman–Crippen LogP) is 0.973. The molecule has 0 spiro atoms. The monoisotopic (exact) mass is 314 g/mol. The molecule has 1 amide bonds. The second kappa shape index (κ2) is 5.14. The number of nitrogens with one attached hydrogen (secondary N) is 1. The summed E-state index contributed by atoms with van der Waals surface area (Å²) >= 11 is 5.86. The zero-order valence-corrected chi connectivity index (χ0v) is 11.9. The number of hydrogen-bond donors (Lipinski definition) is 2. The molecule has 20 heavy (non-hydrogen) atoms. The topological polar surface area (TPSA) is 107 Å². The van der Waals surface area contributed by atoms with Gasteiger partial charge in [-0.2, -0.15) is 0 Å². The first-order valence-electron chi connectivity index (χ1n) is 5.40. The minimum absolute atomic E-state index is 0.0858. The van der Waals surface area contributed by atoms with Crippen LogP contribution in [0.1, 0.15) is 10.5 Å². The van der Waals surface area contributed by atoms with Gasteiger partial charge in [-0.25, -0.2) is 8.42 Å². The second-order valence-electron chi connectivity index (χ2n) is 4.00. The van der Waals surface area contributed by atoms with Crippen LogP contribution in [0.2, 0.25) is 5.02 Å². The van der Waals surface area contributed by atoms with Crippen molar-refractivity contribution in [3.63, 3.8) is 0 Å². The summed E-state index contributed by atoms with van der Waals surface area (Å²) in [6.07, 6.45) is 4.01. The molecule has 2 heterocycles. The summed E-state index contributed by atoms with van der Waals surface area (Å²) in [5, 5.41) is 0.217. The number of nitrogens with zero attached hydrogens (tertiary/aromatic N) is 2. The number of carbonyl (C=O) groups is 1. The normalized spacial score (nSPS) is 11.3. The zero-order valence-electron chi connectivity index (χ0n) is 10.4. The van der Waals surface area contributed by atoms with Gasteiger partial charge in [0.1, 0.15) is 10.6 Å². The lowest BCUT2D eigenvalue weighted by Gasteiger charge is -2.07. The number of nitrogens with two attached hydrogens (primary N) is 1. The Kier molecular flexibility index (Phi) is 3.69. The number of hydrogen-bond acceptors (Lipinski definition) is 4. The summed E-state index contributed by atoms with van der Waals surface area (Å²) in [6.45, 7) is 0. The van der Waals surface area contributed by atoms with Crippen molar-refractivity contribution in [2.45, 2.75) is 4.90 Å². The minimum atomic E-state index is -3.87. The molecule has 0 aliphatic rings. The molecule has 7 nitrogen and oxygen atoms in total. The Bertz CT molecular complexity index is 770. The van der Waals surface area contributed by atoms with E-state index < -0.39 is 15.9 Å². The zero-order chi connectivity index (χ0) is 14.9. The van der Waals surface area contributed by atoms with E-state index in [2.05, 4.69) is 9.71 Å². The van der Waals surface area contributed by atoms with Gasteiger partial charge in [0.05, 0.1) is 16.9 Å². The van der Waals surface area contributed by atoms with Crippen molar-refractivity contribution in [2.24, 2.45) is 12.8 Å². The van der Waals surface area contributed by atoms with E-state index in [1.165, 1.54) is 42.3 Å². The Morgan fingerprint density at radius 3 is 2.75 bits per heavy atom. The number of aryl methyl sites for hydroxylation is 1. The van der Waals surface area contributed by atoms with E-state index >= 15 is 0 Å². The molecule has 3 N–H and O–H groups in total. The molecular weight excluding hydrogens is 304 g/mol. The third-order valence-electron chi connectivity index (χ3n) is 2.55. The van der Waals surface area contributed by atoms with Gasteiger partial charge in [-0.3, -0.25) is 14.5 Å². The Hall–Kier alpha value is -2.06. The van der Waals surface area contributed by atoms with Gasteiger partial charge in [-0.1, -0.05) is 11.6 Å². The second-order valence-corrected chi connectivity index (χ2v) is 6.09. The molecule has 2 aromatic heterocycles. The predicted molar refractivity (Wildman–Crippen MR) is 74.0 cm³/mol. The Labute approximate surface area is 120 Å². The molecule has 0 unspecified atom stereocenters. The number of sulfonamides is 1. The molecule has 0 saturated carbocycles. The molecule has 0 bridgehead atoms. The number of carbonyl (C=O) groups excluding carboxylic acids is 1. The third kappa shape index (κ3) is 2.75. The fraction of sp³-hybridized carbons (Fsp3) is 0.0909. The summed E-state index contributed by atoms with van der Waals surface area (Å²) in [5.41, 5.74) is 5.38. The van der Waals surface area contributed by atoms with E-state index in [9.17, 15) is 13.2 Å². The van der Waals surface area contributed by atoms with Gasteiger partial charge in [-0.05, 0) is 12.1 Å². The van der Waals surface area contributed by atoms with Crippen LogP contribution >= 0.6 is 11.6 Å². The maximum Gasteiger partial charge on any atom is 0.265 e. The lowest BCUT2D eigenvalue weighted by atomic mass is 10.4. The summed E-state index contributed by atoms with van der Waals surface area (Å²) in [6, 6.07) is 2.65. The molecule has 0 fully saturated rings. The van der Waals surface area contributed by atoms with Gasteiger partial charge in [0.2, 0.25) is 0 Å². The number of anilines is 1. The SMILES string of the molecule is Cn1cc(S(=O)(=O)Nc2cnccc2Cl)cc1C(N)=O. The van der Waals surface area contributed by atoms with Crippen molar-refractivity contribution >= 4 is 33.2 Å². The summed E-state index contributed by atoms with van der Waals surface area (Å²) < 4.78 is 28.0. The van der Waals surface area contributed by atoms with Crippen LogP contribution in [0.5, 0.6) is 0 Å². The molecule has 106 valence electrons. The van der Waals surface area contributed by atoms with Crippen LogP contribution in [0.25, 0.3) is 0 Å². The van der Waals surface area contributed by atoms with Crippen LogP contribution in [0.15, 0.2) is 35.6 Å². The molecule has 9 heteroatoms. The number of amides is 1. The molecule has 0 atom stereocenters. The maximum absolute atomic E-state index is 12.2. The van der Waals surface area contributed by atoms with Gasteiger partial charge < -0.3 is 10.3 Å². The van der Waals surface area contributed by atoms with E-state index in [4.69, 9.17) is 17.3 Å².